The van der Waals surface area contributed by atoms with Crippen molar-refractivity contribution in [1.29, 1.82) is 0 Å². The minimum absolute atomic E-state index is 0.251. The summed E-state index contributed by atoms with van der Waals surface area (Å²) in [6.07, 6.45) is 0. The highest BCUT2D eigenvalue weighted by Gasteiger charge is 2.07. The zero-order valence-corrected chi connectivity index (χ0v) is 9.83. The second-order valence-corrected chi connectivity index (χ2v) is 3.68. The SMILES string of the molecule is CNc1cccc(-c2cc(OC)ccc2F)c1. The van der Waals surface area contributed by atoms with Gasteiger partial charge in [0.2, 0.25) is 0 Å². The molecular weight excluding hydrogens is 217 g/mol. The molecule has 88 valence electrons. The van der Waals surface area contributed by atoms with E-state index in [0.717, 1.165) is 11.3 Å². The molecule has 0 saturated carbocycles. The van der Waals surface area contributed by atoms with Crippen LogP contribution < -0.4 is 10.1 Å². The highest BCUT2D eigenvalue weighted by atomic mass is 19.1. The molecule has 3 heteroatoms. The number of hydrogen-bond donors (Lipinski definition) is 1. The average Bonchev–Trinajstić information content (AvgIpc) is 2.39. The third kappa shape index (κ3) is 2.38. The fraction of sp³-hybridized carbons (Fsp3) is 0.143. The molecule has 0 aliphatic rings. The topological polar surface area (TPSA) is 21.3 Å². The van der Waals surface area contributed by atoms with Gasteiger partial charge in [0.05, 0.1) is 7.11 Å². The molecule has 0 fully saturated rings. The van der Waals surface area contributed by atoms with Crippen LogP contribution in [0.15, 0.2) is 42.5 Å². The van der Waals surface area contributed by atoms with E-state index in [1.165, 1.54) is 6.07 Å². The van der Waals surface area contributed by atoms with Crippen LogP contribution in [0.3, 0.4) is 0 Å². The lowest BCUT2D eigenvalue weighted by Gasteiger charge is -2.08. The van der Waals surface area contributed by atoms with Crippen molar-refractivity contribution >= 4 is 5.69 Å². The summed E-state index contributed by atoms with van der Waals surface area (Å²) in [7, 11) is 3.40. The molecule has 2 rings (SSSR count). The summed E-state index contributed by atoms with van der Waals surface area (Å²) in [5.41, 5.74) is 2.32. The first kappa shape index (κ1) is 11.5. The van der Waals surface area contributed by atoms with E-state index in [1.54, 1.807) is 19.2 Å². The van der Waals surface area contributed by atoms with Gasteiger partial charge in [0.15, 0.2) is 0 Å². The van der Waals surface area contributed by atoms with Gasteiger partial charge >= 0.3 is 0 Å². The van der Waals surface area contributed by atoms with E-state index in [-0.39, 0.29) is 5.82 Å². The molecule has 1 N–H and O–H groups in total. The Bertz CT molecular complexity index is 525. The Kier molecular flexibility index (Phi) is 3.28. The predicted molar refractivity (Wildman–Crippen MR) is 67.9 cm³/mol. The van der Waals surface area contributed by atoms with Crippen LogP contribution in [0.25, 0.3) is 11.1 Å². The molecule has 0 bridgehead atoms. The standard InChI is InChI=1S/C14H14FNO/c1-16-11-5-3-4-10(8-11)13-9-12(17-2)6-7-14(13)15/h3-9,16H,1-2H3. The van der Waals surface area contributed by atoms with Crippen LogP contribution in [-0.4, -0.2) is 14.2 Å². The molecule has 0 atom stereocenters. The first-order chi connectivity index (χ1) is 8.24. The second kappa shape index (κ2) is 4.87. The largest absolute Gasteiger partial charge is 0.497 e. The smallest absolute Gasteiger partial charge is 0.131 e. The molecule has 0 unspecified atom stereocenters. The van der Waals surface area contributed by atoms with Gasteiger partial charge in [-0.05, 0) is 35.9 Å². The van der Waals surface area contributed by atoms with Crippen molar-refractivity contribution in [3.63, 3.8) is 0 Å². The number of methoxy groups -OCH3 is 1. The van der Waals surface area contributed by atoms with Crippen molar-refractivity contribution in [1.82, 2.24) is 0 Å². The Morgan fingerprint density at radius 3 is 2.65 bits per heavy atom. The number of benzene rings is 2. The number of nitrogens with one attached hydrogen (secondary N) is 1. The Labute approximate surface area is 100 Å². The summed E-state index contributed by atoms with van der Waals surface area (Å²) in [6.45, 7) is 0. The third-order valence-corrected chi connectivity index (χ3v) is 2.64. The fourth-order valence-electron chi connectivity index (χ4n) is 1.69. The van der Waals surface area contributed by atoms with Gasteiger partial charge in [0.25, 0.3) is 0 Å². The molecule has 2 nitrogen and oxygen atoms in total. The van der Waals surface area contributed by atoms with Crippen molar-refractivity contribution in [2.24, 2.45) is 0 Å². The summed E-state index contributed by atoms with van der Waals surface area (Å²) in [4.78, 5) is 0. The zero-order valence-electron chi connectivity index (χ0n) is 9.83. The summed E-state index contributed by atoms with van der Waals surface area (Å²) in [5.74, 6) is 0.398. The maximum Gasteiger partial charge on any atom is 0.131 e. The highest BCUT2D eigenvalue weighted by molar-refractivity contribution is 5.69. The van der Waals surface area contributed by atoms with Crippen LogP contribution >= 0.6 is 0 Å². The molecule has 0 heterocycles. The van der Waals surface area contributed by atoms with Crippen LogP contribution in [0.2, 0.25) is 0 Å². The molecule has 0 radical (unpaired) electrons. The number of rotatable bonds is 3. The zero-order chi connectivity index (χ0) is 12.3. The van der Waals surface area contributed by atoms with Crippen molar-refractivity contribution < 1.29 is 9.13 Å². The van der Waals surface area contributed by atoms with E-state index in [4.69, 9.17) is 4.74 Å². The molecule has 0 aliphatic carbocycles. The van der Waals surface area contributed by atoms with Crippen LogP contribution in [0.1, 0.15) is 0 Å². The van der Waals surface area contributed by atoms with Crippen molar-refractivity contribution in [2.75, 3.05) is 19.5 Å². The normalized spacial score (nSPS) is 10.1. The summed E-state index contributed by atoms with van der Waals surface area (Å²) in [5, 5.41) is 3.03. The Morgan fingerprint density at radius 2 is 1.94 bits per heavy atom. The monoisotopic (exact) mass is 231 g/mol. The lowest BCUT2D eigenvalue weighted by Crippen LogP contribution is -1.91. The quantitative estimate of drug-likeness (QED) is 0.872. The van der Waals surface area contributed by atoms with E-state index >= 15 is 0 Å². The lowest BCUT2D eigenvalue weighted by atomic mass is 10.0. The molecule has 0 aromatic heterocycles. The Morgan fingerprint density at radius 1 is 1.12 bits per heavy atom. The number of halogens is 1. The molecule has 0 aliphatic heterocycles. The summed E-state index contributed by atoms with van der Waals surface area (Å²) < 4.78 is 18.9. The Hall–Kier alpha value is -2.03. The van der Waals surface area contributed by atoms with Crippen LogP contribution in [0.5, 0.6) is 5.75 Å². The van der Waals surface area contributed by atoms with E-state index < -0.39 is 0 Å². The highest BCUT2D eigenvalue weighted by Crippen LogP contribution is 2.28. The van der Waals surface area contributed by atoms with Gasteiger partial charge in [-0.15, -0.1) is 0 Å². The van der Waals surface area contributed by atoms with E-state index in [9.17, 15) is 4.39 Å². The average molecular weight is 231 g/mol. The van der Waals surface area contributed by atoms with E-state index in [2.05, 4.69) is 5.32 Å². The van der Waals surface area contributed by atoms with Crippen molar-refractivity contribution in [2.45, 2.75) is 0 Å². The van der Waals surface area contributed by atoms with Gasteiger partial charge < -0.3 is 10.1 Å². The van der Waals surface area contributed by atoms with Gasteiger partial charge in [-0.25, -0.2) is 4.39 Å². The van der Waals surface area contributed by atoms with Crippen LogP contribution in [0.4, 0.5) is 10.1 Å². The lowest BCUT2D eigenvalue weighted by molar-refractivity contribution is 0.414. The molecular formula is C14H14FNO. The van der Waals surface area contributed by atoms with Gasteiger partial charge in [-0.2, -0.15) is 0 Å². The molecule has 17 heavy (non-hydrogen) atoms. The summed E-state index contributed by atoms with van der Waals surface area (Å²) in [6, 6.07) is 12.3. The molecule has 2 aromatic carbocycles. The van der Waals surface area contributed by atoms with Gasteiger partial charge in [0, 0.05) is 18.3 Å². The first-order valence-electron chi connectivity index (χ1n) is 5.36. The molecule has 2 aromatic rings. The molecule has 0 saturated heterocycles. The van der Waals surface area contributed by atoms with Crippen molar-refractivity contribution in [3.8, 4) is 16.9 Å². The first-order valence-corrected chi connectivity index (χ1v) is 5.36. The van der Waals surface area contributed by atoms with E-state index in [1.807, 2.05) is 31.3 Å². The summed E-state index contributed by atoms with van der Waals surface area (Å²) >= 11 is 0. The van der Waals surface area contributed by atoms with Crippen LogP contribution in [-0.2, 0) is 0 Å². The molecule has 0 amide bonds. The maximum atomic E-state index is 13.8. The second-order valence-electron chi connectivity index (χ2n) is 3.68. The van der Waals surface area contributed by atoms with Gasteiger partial charge in [-0.3, -0.25) is 0 Å². The fourth-order valence-corrected chi connectivity index (χ4v) is 1.69. The predicted octanol–water partition coefficient (Wildman–Crippen LogP) is 3.54. The number of hydrogen-bond acceptors (Lipinski definition) is 2. The maximum absolute atomic E-state index is 13.8. The van der Waals surface area contributed by atoms with Gasteiger partial charge in [-0.1, -0.05) is 12.1 Å². The molecule has 0 spiro atoms. The number of ether oxygens (including phenoxy) is 1. The van der Waals surface area contributed by atoms with E-state index in [0.29, 0.717) is 11.3 Å². The minimum Gasteiger partial charge on any atom is -0.497 e. The minimum atomic E-state index is -0.251. The van der Waals surface area contributed by atoms with Crippen LogP contribution in [0, 0.1) is 5.82 Å². The van der Waals surface area contributed by atoms with Crippen molar-refractivity contribution in [3.05, 3.63) is 48.3 Å². The third-order valence-electron chi connectivity index (χ3n) is 2.64. The van der Waals surface area contributed by atoms with Gasteiger partial charge in [0.1, 0.15) is 11.6 Å². The Balaban J connectivity index is 2.50. The number of anilines is 1.